The second kappa shape index (κ2) is 3.49. The van der Waals surface area contributed by atoms with Gasteiger partial charge in [-0.2, -0.15) is 0 Å². The summed E-state index contributed by atoms with van der Waals surface area (Å²) in [6.45, 7) is 0. The Morgan fingerprint density at radius 1 is 1.31 bits per heavy atom. The van der Waals surface area contributed by atoms with Crippen molar-refractivity contribution in [1.82, 2.24) is 0 Å². The summed E-state index contributed by atoms with van der Waals surface area (Å²) >= 11 is 11.8. The van der Waals surface area contributed by atoms with Crippen molar-refractivity contribution >= 4 is 23.2 Å². The first-order valence-corrected chi connectivity index (χ1v) is 5.14. The smallest absolute Gasteiger partial charge is 0.0468 e. The first-order chi connectivity index (χ1) is 6.18. The Morgan fingerprint density at radius 2 is 2.00 bits per heavy atom. The molecule has 0 bridgehead atoms. The van der Waals surface area contributed by atoms with Gasteiger partial charge in [-0.25, -0.2) is 0 Å². The van der Waals surface area contributed by atoms with Gasteiger partial charge < -0.3 is 5.73 Å². The third-order valence-electron chi connectivity index (χ3n) is 2.45. The number of rotatable bonds is 2. The molecule has 3 heteroatoms. The molecule has 1 aromatic carbocycles. The number of hydrogen-bond acceptors (Lipinski definition) is 1. The molecular formula is C10H11Cl2N. The van der Waals surface area contributed by atoms with E-state index >= 15 is 0 Å². The van der Waals surface area contributed by atoms with Crippen molar-refractivity contribution < 1.29 is 0 Å². The van der Waals surface area contributed by atoms with Gasteiger partial charge in [0.25, 0.3) is 0 Å². The molecule has 1 aromatic rings. The van der Waals surface area contributed by atoms with Crippen LogP contribution >= 0.6 is 23.2 Å². The van der Waals surface area contributed by atoms with Gasteiger partial charge in [-0.3, -0.25) is 0 Å². The van der Waals surface area contributed by atoms with Crippen molar-refractivity contribution in [2.45, 2.75) is 18.9 Å². The summed E-state index contributed by atoms with van der Waals surface area (Å²) in [6.07, 6.45) is 2.44. The van der Waals surface area contributed by atoms with Crippen molar-refractivity contribution in [3.63, 3.8) is 0 Å². The van der Waals surface area contributed by atoms with Crippen LogP contribution in [0.15, 0.2) is 18.2 Å². The van der Waals surface area contributed by atoms with Crippen molar-refractivity contribution in [2.24, 2.45) is 11.7 Å². The largest absolute Gasteiger partial charge is 0.324 e. The molecule has 0 unspecified atom stereocenters. The maximum atomic E-state index is 6.03. The van der Waals surface area contributed by atoms with Crippen LogP contribution in [-0.2, 0) is 0 Å². The van der Waals surface area contributed by atoms with Gasteiger partial charge in [-0.15, -0.1) is 0 Å². The summed E-state index contributed by atoms with van der Waals surface area (Å²) in [4.78, 5) is 0. The lowest BCUT2D eigenvalue weighted by Gasteiger charge is -2.12. The highest BCUT2D eigenvalue weighted by Gasteiger charge is 2.30. The summed E-state index contributed by atoms with van der Waals surface area (Å²) < 4.78 is 0. The maximum absolute atomic E-state index is 6.03. The summed E-state index contributed by atoms with van der Waals surface area (Å²) in [6, 6.07) is 5.60. The minimum absolute atomic E-state index is 0.0877. The van der Waals surface area contributed by atoms with E-state index in [0.29, 0.717) is 16.0 Å². The molecule has 0 aromatic heterocycles. The van der Waals surface area contributed by atoms with Crippen molar-refractivity contribution in [2.75, 3.05) is 0 Å². The molecule has 2 N–H and O–H groups in total. The highest BCUT2D eigenvalue weighted by atomic mass is 35.5. The fraction of sp³-hybridized carbons (Fsp3) is 0.400. The molecule has 1 aliphatic carbocycles. The summed E-state index contributed by atoms with van der Waals surface area (Å²) in [5, 5.41) is 1.35. The van der Waals surface area contributed by atoms with E-state index in [1.165, 1.54) is 12.8 Å². The lowest BCUT2D eigenvalue weighted by molar-refractivity contribution is 0.634. The first-order valence-electron chi connectivity index (χ1n) is 4.39. The van der Waals surface area contributed by atoms with E-state index in [9.17, 15) is 0 Å². The molecule has 0 radical (unpaired) electrons. The zero-order valence-electron chi connectivity index (χ0n) is 7.13. The van der Waals surface area contributed by atoms with Crippen LogP contribution < -0.4 is 5.73 Å². The topological polar surface area (TPSA) is 26.0 Å². The molecule has 0 aliphatic heterocycles. The van der Waals surface area contributed by atoms with Crippen LogP contribution in [0.1, 0.15) is 24.4 Å². The van der Waals surface area contributed by atoms with E-state index in [1.807, 2.05) is 12.1 Å². The first kappa shape index (κ1) is 9.32. The monoisotopic (exact) mass is 215 g/mol. The molecule has 0 saturated heterocycles. The normalized spacial score (nSPS) is 18.7. The molecule has 13 heavy (non-hydrogen) atoms. The molecular weight excluding hydrogens is 205 g/mol. The minimum Gasteiger partial charge on any atom is -0.324 e. The van der Waals surface area contributed by atoms with Gasteiger partial charge in [0.05, 0.1) is 0 Å². The number of halogens is 2. The van der Waals surface area contributed by atoms with E-state index in [1.54, 1.807) is 6.07 Å². The highest BCUT2D eigenvalue weighted by Crippen LogP contribution is 2.41. The van der Waals surface area contributed by atoms with Crippen LogP contribution in [0.25, 0.3) is 0 Å². The standard InChI is InChI=1S/C10H11Cl2N/c11-7-3-4-8(9(12)5-7)10(13)6-1-2-6/h3-6,10H,1-2,13H2/t10-/m1/s1. The fourth-order valence-electron chi connectivity index (χ4n) is 1.48. The second-order valence-electron chi connectivity index (χ2n) is 3.53. The van der Waals surface area contributed by atoms with Crippen molar-refractivity contribution in [1.29, 1.82) is 0 Å². The Hall–Kier alpha value is -0.240. The molecule has 2 rings (SSSR count). The lowest BCUT2D eigenvalue weighted by atomic mass is 10.0. The van der Waals surface area contributed by atoms with Gasteiger partial charge >= 0.3 is 0 Å². The third-order valence-corrected chi connectivity index (χ3v) is 3.01. The molecule has 1 fully saturated rings. The third kappa shape index (κ3) is 1.98. The van der Waals surface area contributed by atoms with E-state index < -0.39 is 0 Å². The highest BCUT2D eigenvalue weighted by molar-refractivity contribution is 6.35. The molecule has 70 valence electrons. The molecule has 1 aliphatic rings. The van der Waals surface area contributed by atoms with E-state index in [0.717, 1.165) is 5.56 Å². The van der Waals surface area contributed by atoms with Gasteiger partial charge in [-0.1, -0.05) is 29.3 Å². The van der Waals surface area contributed by atoms with Gasteiger partial charge in [0.2, 0.25) is 0 Å². The SMILES string of the molecule is N[C@@H](c1ccc(Cl)cc1Cl)C1CC1. The van der Waals surface area contributed by atoms with Crippen LogP contribution in [0.4, 0.5) is 0 Å². The summed E-state index contributed by atoms with van der Waals surface area (Å²) in [5.74, 6) is 0.624. The molecule has 0 amide bonds. The quantitative estimate of drug-likeness (QED) is 0.805. The average Bonchev–Trinajstić information content (AvgIpc) is 2.85. The summed E-state index contributed by atoms with van der Waals surface area (Å²) in [7, 11) is 0. The second-order valence-corrected chi connectivity index (χ2v) is 4.37. The van der Waals surface area contributed by atoms with Crippen LogP contribution in [0.3, 0.4) is 0 Å². The molecule has 0 spiro atoms. The molecule has 1 saturated carbocycles. The Bertz CT molecular complexity index is 321. The minimum atomic E-state index is 0.0877. The van der Waals surface area contributed by atoms with Crippen LogP contribution in [0.2, 0.25) is 10.0 Å². The molecule has 1 atom stereocenters. The van der Waals surface area contributed by atoms with Crippen molar-refractivity contribution in [3.8, 4) is 0 Å². The predicted octanol–water partition coefficient (Wildman–Crippen LogP) is 3.40. The zero-order valence-corrected chi connectivity index (χ0v) is 8.65. The number of nitrogens with two attached hydrogens (primary N) is 1. The molecule has 1 nitrogen and oxygen atoms in total. The Labute approximate surface area is 87.8 Å². The van der Waals surface area contributed by atoms with Gasteiger partial charge in [0, 0.05) is 16.1 Å². The maximum Gasteiger partial charge on any atom is 0.0468 e. The van der Waals surface area contributed by atoms with Crippen LogP contribution in [0.5, 0.6) is 0 Å². The van der Waals surface area contributed by atoms with Crippen LogP contribution in [0, 0.1) is 5.92 Å². The lowest BCUT2D eigenvalue weighted by Crippen LogP contribution is -2.12. The van der Waals surface area contributed by atoms with Gasteiger partial charge in [0.15, 0.2) is 0 Å². The van der Waals surface area contributed by atoms with E-state index in [-0.39, 0.29) is 6.04 Å². The Balaban J connectivity index is 2.28. The fourth-order valence-corrected chi connectivity index (χ4v) is 2.02. The zero-order chi connectivity index (χ0) is 9.42. The summed E-state index contributed by atoms with van der Waals surface area (Å²) in [5.41, 5.74) is 7.05. The average molecular weight is 216 g/mol. The van der Waals surface area contributed by atoms with Gasteiger partial charge in [0.1, 0.15) is 0 Å². The number of hydrogen-bond donors (Lipinski definition) is 1. The van der Waals surface area contributed by atoms with Crippen molar-refractivity contribution in [3.05, 3.63) is 33.8 Å². The van der Waals surface area contributed by atoms with E-state index in [2.05, 4.69) is 0 Å². The molecule has 0 heterocycles. The predicted molar refractivity (Wildman–Crippen MR) is 56.1 cm³/mol. The van der Waals surface area contributed by atoms with E-state index in [4.69, 9.17) is 28.9 Å². The van der Waals surface area contributed by atoms with Crippen LogP contribution in [-0.4, -0.2) is 0 Å². The Morgan fingerprint density at radius 3 is 2.54 bits per heavy atom. The van der Waals surface area contributed by atoms with Gasteiger partial charge in [-0.05, 0) is 36.5 Å². The Kier molecular flexibility index (Phi) is 2.50. The number of benzene rings is 1.